The van der Waals surface area contributed by atoms with E-state index in [1.165, 1.54) is 5.56 Å². The Kier molecular flexibility index (Phi) is 5.02. The number of fused-ring (bicyclic) bond motifs is 3. The number of nitrogens with one attached hydrogen (secondary N) is 2. The van der Waals surface area contributed by atoms with Crippen LogP contribution in [-0.4, -0.2) is 49.3 Å². The SMILES string of the molecule is Cc1nc2ccc(O)cc2cc1C(=O)NCCC1CN(c2ncnc3[nH]ncc23)c2ccccc21. The Morgan fingerprint density at radius 1 is 1.20 bits per heavy atom. The summed E-state index contributed by atoms with van der Waals surface area (Å²) in [6.45, 7) is 3.10. The average molecular weight is 466 g/mol. The van der Waals surface area contributed by atoms with Crippen molar-refractivity contribution < 1.29 is 9.90 Å². The first-order valence-corrected chi connectivity index (χ1v) is 11.5. The van der Waals surface area contributed by atoms with Crippen molar-refractivity contribution in [2.24, 2.45) is 0 Å². The Balaban J connectivity index is 1.20. The summed E-state index contributed by atoms with van der Waals surface area (Å²) in [5.41, 5.74) is 4.97. The lowest BCUT2D eigenvalue weighted by Gasteiger charge is -2.19. The van der Waals surface area contributed by atoms with E-state index in [9.17, 15) is 9.90 Å². The zero-order valence-corrected chi connectivity index (χ0v) is 19.1. The van der Waals surface area contributed by atoms with E-state index >= 15 is 0 Å². The van der Waals surface area contributed by atoms with Gasteiger partial charge in [-0.1, -0.05) is 18.2 Å². The fourth-order valence-electron chi connectivity index (χ4n) is 4.86. The number of rotatable bonds is 5. The highest BCUT2D eigenvalue weighted by molar-refractivity contribution is 5.98. The molecule has 3 aromatic heterocycles. The minimum atomic E-state index is -0.167. The molecule has 0 bridgehead atoms. The molecule has 0 radical (unpaired) electrons. The molecule has 2 aromatic carbocycles. The molecule has 0 spiro atoms. The van der Waals surface area contributed by atoms with Crippen LogP contribution in [0.25, 0.3) is 21.9 Å². The molecule has 5 aromatic rings. The van der Waals surface area contributed by atoms with E-state index in [-0.39, 0.29) is 17.6 Å². The van der Waals surface area contributed by atoms with Gasteiger partial charge in [-0.15, -0.1) is 0 Å². The molecule has 1 aliphatic heterocycles. The second-order valence-electron chi connectivity index (χ2n) is 8.74. The molecule has 1 unspecified atom stereocenters. The molecule has 1 amide bonds. The summed E-state index contributed by atoms with van der Waals surface area (Å²) in [4.78, 5) is 28.5. The van der Waals surface area contributed by atoms with Gasteiger partial charge in [0, 0.05) is 30.1 Å². The van der Waals surface area contributed by atoms with Gasteiger partial charge in [0.05, 0.1) is 28.4 Å². The predicted molar refractivity (Wildman–Crippen MR) is 133 cm³/mol. The summed E-state index contributed by atoms with van der Waals surface area (Å²) < 4.78 is 0. The Morgan fingerprint density at radius 2 is 2.09 bits per heavy atom. The number of aromatic hydroxyl groups is 1. The number of carbonyl (C=O) groups is 1. The van der Waals surface area contributed by atoms with E-state index in [2.05, 4.69) is 47.5 Å². The molecule has 9 heteroatoms. The third kappa shape index (κ3) is 3.71. The van der Waals surface area contributed by atoms with Crippen LogP contribution >= 0.6 is 0 Å². The van der Waals surface area contributed by atoms with Crippen molar-refractivity contribution in [2.45, 2.75) is 19.3 Å². The zero-order chi connectivity index (χ0) is 23.9. The molecule has 0 fully saturated rings. The van der Waals surface area contributed by atoms with Crippen LogP contribution in [0.2, 0.25) is 0 Å². The van der Waals surface area contributed by atoms with Gasteiger partial charge in [0.25, 0.3) is 5.91 Å². The van der Waals surface area contributed by atoms with Crippen LogP contribution in [0.4, 0.5) is 11.5 Å². The van der Waals surface area contributed by atoms with Gasteiger partial charge in [-0.2, -0.15) is 5.10 Å². The number of H-pyrrole nitrogens is 1. The number of hydrogen-bond donors (Lipinski definition) is 3. The van der Waals surface area contributed by atoms with Gasteiger partial charge in [0.1, 0.15) is 17.9 Å². The number of phenolic OH excluding ortho intramolecular Hbond substituents is 1. The highest BCUT2D eigenvalue weighted by Gasteiger charge is 2.31. The molecule has 0 aliphatic carbocycles. The predicted octanol–water partition coefficient (Wildman–Crippen LogP) is 3.97. The quantitative estimate of drug-likeness (QED) is 0.359. The van der Waals surface area contributed by atoms with E-state index in [4.69, 9.17) is 0 Å². The Hall–Kier alpha value is -4.53. The normalized spacial score (nSPS) is 15.0. The lowest BCUT2D eigenvalue weighted by molar-refractivity contribution is 0.0951. The highest BCUT2D eigenvalue weighted by Crippen LogP contribution is 2.42. The number of aryl methyl sites for hydroxylation is 1. The van der Waals surface area contributed by atoms with Gasteiger partial charge >= 0.3 is 0 Å². The number of amides is 1. The Bertz CT molecular complexity index is 1580. The molecular formula is C26H23N7O2. The third-order valence-electron chi connectivity index (χ3n) is 6.56. The van der Waals surface area contributed by atoms with Crippen LogP contribution < -0.4 is 10.2 Å². The van der Waals surface area contributed by atoms with Crippen LogP contribution in [0, 0.1) is 6.92 Å². The van der Waals surface area contributed by atoms with Gasteiger partial charge in [-0.25, -0.2) is 9.97 Å². The molecule has 4 heterocycles. The maximum absolute atomic E-state index is 13.0. The van der Waals surface area contributed by atoms with Crippen molar-refractivity contribution in [1.29, 1.82) is 0 Å². The van der Waals surface area contributed by atoms with E-state index in [1.54, 1.807) is 36.8 Å². The molecule has 9 nitrogen and oxygen atoms in total. The number of pyridine rings is 1. The Morgan fingerprint density at radius 3 is 3.00 bits per heavy atom. The van der Waals surface area contributed by atoms with Crippen molar-refractivity contribution in [1.82, 2.24) is 30.5 Å². The number of phenols is 1. The monoisotopic (exact) mass is 465 g/mol. The summed E-state index contributed by atoms with van der Waals surface area (Å²) in [5, 5.41) is 21.5. The topological polar surface area (TPSA) is 120 Å². The summed E-state index contributed by atoms with van der Waals surface area (Å²) in [7, 11) is 0. The van der Waals surface area contributed by atoms with Crippen molar-refractivity contribution in [3.8, 4) is 5.75 Å². The van der Waals surface area contributed by atoms with Gasteiger partial charge in [-0.3, -0.25) is 14.9 Å². The number of aromatic amines is 1. The van der Waals surface area contributed by atoms with Gasteiger partial charge in [0.2, 0.25) is 0 Å². The van der Waals surface area contributed by atoms with Crippen LogP contribution in [-0.2, 0) is 0 Å². The first-order chi connectivity index (χ1) is 17.1. The van der Waals surface area contributed by atoms with Gasteiger partial charge in [-0.05, 0) is 49.2 Å². The summed E-state index contributed by atoms with van der Waals surface area (Å²) in [5.74, 6) is 1.04. The standard InChI is InChI=1S/C26H23N7O2/c1-15-20(11-17-10-18(34)6-7-22(17)31-15)26(35)27-9-8-16-13-33(23-5-3-2-4-19(16)23)25-21-12-30-32-24(21)28-14-29-25/h2-7,10-12,14,16,34H,8-9,13H2,1H3,(H,27,35)(H,28,29,30,32). The fourth-order valence-corrected chi connectivity index (χ4v) is 4.86. The maximum atomic E-state index is 13.0. The molecule has 3 N–H and O–H groups in total. The minimum Gasteiger partial charge on any atom is -0.508 e. The maximum Gasteiger partial charge on any atom is 0.253 e. The summed E-state index contributed by atoms with van der Waals surface area (Å²) in [6, 6.07) is 15.0. The molecule has 0 saturated heterocycles. The highest BCUT2D eigenvalue weighted by atomic mass is 16.3. The largest absolute Gasteiger partial charge is 0.508 e. The molecule has 35 heavy (non-hydrogen) atoms. The van der Waals surface area contributed by atoms with Gasteiger partial charge < -0.3 is 15.3 Å². The van der Waals surface area contributed by atoms with Crippen molar-refractivity contribution >= 4 is 39.3 Å². The van der Waals surface area contributed by atoms with E-state index in [0.717, 1.165) is 40.8 Å². The Labute approximate surface area is 200 Å². The average Bonchev–Trinajstić information content (AvgIpc) is 3.49. The lowest BCUT2D eigenvalue weighted by atomic mass is 9.98. The number of aromatic nitrogens is 5. The lowest BCUT2D eigenvalue weighted by Crippen LogP contribution is -2.27. The molecule has 0 saturated carbocycles. The van der Waals surface area contributed by atoms with Crippen LogP contribution in [0.3, 0.4) is 0 Å². The summed E-state index contributed by atoms with van der Waals surface area (Å²) >= 11 is 0. The second-order valence-corrected chi connectivity index (χ2v) is 8.74. The number of hydrogen-bond acceptors (Lipinski definition) is 7. The van der Waals surface area contributed by atoms with Crippen LogP contribution in [0.1, 0.15) is 34.0 Å². The number of carbonyl (C=O) groups excluding carboxylic acids is 1. The molecule has 1 atom stereocenters. The third-order valence-corrected chi connectivity index (χ3v) is 6.56. The van der Waals surface area contributed by atoms with Gasteiger partial charge in [0.15, 0.2) is 5.65 Å². The van der Waals surface area contributed by atoms with E-state index in [0.29, 0.717) is 23.4 Å². The molecule has 6 rings (SSSR count). The van der Waals surface area contributed by atoms with Crippen LogP contribution in [0.5, 0.6) is 5.75 Å². The fraction of sp³-hybridized carbons (Fsp3) is 0.192. The second kappa shape index (κ2) is 8.35. The molecular weight excluding hydrogens is 442 g/mol. The van der Waals surface area contributed by atoms with E-state index in [1.807, 2.05) is 19.1 Å². The number of nitrogens with zero attached hydrogens (tertiary/aromatic N) is 5. The number of para-hydroxylation sites is 1. The minimum absolute atomic E-state index is 0.148. The summed E-state index contributed by atoms with van der Waals surface area (Å²) in [6.07, 6.45) is 4.08. The van der Waals surface area contributed by atoms with E-state index < -0.39 is 0 Å². The first-order valence-electron chi connectivity index (χ1n) is 11.5. The molecule has 1 aliphatic rings. The van der Waals surface area contributed by atoms with Crippen molar-refractivity contribution in [3.05, 3.63) is 77.9 Å². The van der Waals surface area contributed by atoms with Crippen molar-refractivity contribution in [3.63, 3.8) is 0 Å². The number of anilines is 2. The zero-order valence-electron chi connectivity index (χ0n) is 19.1. The molecule has 174 valence electrons. The smallest absolute Gasteiger partial charge is 0.253 e. The van der Waals surface area contributed by atoms with Crippen molar-refractivity contribution in [2.75, 3.05) is 18.0 Å². The first kappa shape index (κ1) is 21.0. The number of benzene rings is 2. The van der Waals surface area contributed by atoms with Crippen LogP contribution in [0.15, 0.2) is 61.1 Å².